The number of carbonyl (C=O) groups excluding carboxylic acids is 2. The first-order valence-corrected chi connectivity index (χ1v) is 9.65. The van der Waals surface area contributed by atoms with Gasteiger partial charge in [-0.2, -0.15) is 0 Å². The molecule has 0 radical (unpaired) electrons. The fourth-order valence-electron chi connectivity index (χ4n) is 2.85. The Hall–Kier alpha value is -2.28. The van der Waals surface area contributed by atoms with Crippen LogP contribution in [0.15, 0.2) is 53.4 Å². The van der Waals surface area contributed by atoms with E-state index in [-0.39, 0.29) is 25.0 Å². The maximum absolute atomic E-state index is 13.1. The number of para-hydroxylation sites is 1. The SMILES string of the molecule is COc1ccccc1CN1C(=O)C(SCCO)=C(c2ccc(Cl)cc2)C1=O. The van der Waals surface area contributed by atoms with Crippen molar-refractivity contribution in [2.24, 2.45) is 0 Å². The fraction of sp³-hybridized carbons (Fsp3) is 0.200. The standard InChI is InChI=1S/C20H18ClNO4S/c1-26-16-5-3-2-4-14(16)12-22-19(24)17(13-6-8-15(21)9-7-13)18(20(22)25)27-11-10-23/h2-9,23H,10-12H2,1H3. The summed E-state index contributed by atoms with van der Waals surface area (Å²) in [6.45, 7) is 0.0258. The summed E-state index contributed by atoms with van der Waals surface area (Å²) in [7, 11) is 1.55. The number of aliphatic hydroxyl groups is 1. The van der Waals surface area contributed by atoms with Crippen molar-refractivity contribution in [3.05, 3.63) is 69.6 Å². The summed E-state index contributed by atoms with van der Waals surface area (Å²) in [6, 6.07) is 14.1. The number of benzene rings is 2. The first-order chi connectivity index (χ1) is 13.1. The highest BCUT2D eigenvalue weighted by Gasteiger charge is 2.39. The minimum atomic E-state index is -0.367. The zero-order chi connectivity index (χ0) is 19.4. The molecule has 0 saturated heterocycles. The molecule has 3 rings (SSSR count). The summed E-state index contributed by atoms with van der Waals surface area (Å²) in [5.41, 5.74) is 1.70. The predicted octanol–water partition coefficient (Wildman–Crippen LogP) is 3.35. The topological polar surface area (TPSA) is 66.8 Å². The van der Waals surface area contributed by atoms with Crippen LogP contribution in [-0.4, -0.2) is 41.3 Å². The maximum Gasteiger partial charge on any atom is 0.268 e. The Labute approximate surface area is 166 Å². The van der Waals surface area contributed by atoms with Gasteiger partial charge in [-0.3, -0.25) is 14.5 Å². The first-order valence-electron chi connectivity index (χ1n) is 8.28. The molecule has 0 saturated carbocycles. The number of halogens is 1. The first kappa shape index (κ1) is 19.5. The lowest BCUT2D eigenvalue weighted by Crippen LogP contribution is -2.31. The highest BCUT2D eigenvalue weighted by Crippen LogP contribution is 2.37. The van der Waals surface area contributed by atoms with Gasteiger partial charge in [0.2, 0.25) is 0 Å². The average Bonchev–Trinajstić information content (AvgIpc) is 2.91. The van der Waals surface area contributed by atoms with Gasteiger partial charge < -0.3 is 9.84 Å². The van der Waals surface area contributed by atoms with E-state index >= 15 is 0 Å². The summed E-state index contributed by atoms with van der Waals surface area (Å²) >= 11 is 7.12. The smallest absolute Gasteiger partial charge is 0.268 e. The Morgan fingerprint density at radius 2 is 1.78 bits per heavy atom. The van der Waals surface area contributed by atoms with Crippen LogP contribution in [0.3, 0.4) is 0 Å². The summed E-state index contributed by atoms with van der Waals surface area (Å²) in [4.78, 5) is 27.6. The molecule has 0 fully saturated rings. The third kappa shape index (κ3) is 4.03. The number of aliphatic hydroxyl groups excluding tert-OH is 1. The Bertz CT molecular complexity index is 895. The number of thioether (sulfide) groups is 1. The molecule has 2 aromatic rings. The van der Waals surface area contributed by atoms with Gasteiger partial charge in [0.1, 0.15) is 5.75 Å². The van der Waals surface area contributed by atoms with Gasteiger partial charge in [0.25, 0.3) is 11.8 Å². The third-order valence-electron chi connectivity index (χ3n) is 4.12. The van der Waals surface area contributed by atoms with Crippen LogP contribution < -0.4 is 4.74 Å². The van der Waals surface area contributed by atoms with Crippen LogP contribution in [0, 0.1) is 0 Å². The highest BCUT2D eigenvalue weighted by molar-refractivity contribution is 8.04. The summed E-state index contributed by atoms with van der Waals surface area (Å²) in [6.07, 6.45) is 0. The van der Waals surface area contributed by atoms with E-state index < -0.39 is 0 Å². The Kier molecular flexibility index (Phi) is 6.21. The van der Waals surface area contributed by atoms with Crippen LogP contribution in [0.2, 0.25) is 5.02 Å². The monoisotopic (exact) mass is 403 g/mol. The molecule has 1 N–H and O–H groups in total. The van der Waals surface area contributed by atoms with Gasteiger partial charge in [0.05, 0.1) is 30.7 Å². The van der Waals surface area contributed by atoms with Crippen molar-refractivity contribution >= 4 is 40.8 Å². The molecule has 0 atom stereocenters. The molecule has 0 bridgehead atoms. The molecule has 5 nitrogen and oxygen atoms in total. The van der Waals surface area contributed by atoms with Crippen molar-refractivity contribution in [2.75, 3.05) is 19.5 Å². The van der Waals surface area contributed by atoms with Gasteiger partial charge in [-0.25, -0.2) is 0 Å². The van der Waals surface area contributed by atoms with Crippen molar-refractivity contribution in [2.45, 2.75) is 6.54 Å². The number of carbonyl (C=O) groups is 2. The van der Waals surface area contributed by atoms with Crippen LogP contribution in [0.4, 0.5) is 0 Å². The number of methoxy groups -OCH3 is 1. The molecule has 0 aliphatic carbocycles. The summed E-state index contributed by atoms with van der Waals surface area (Å²) in [5, 5.41) is 9.70. The van der Waals surface area contributed by atoms with E-state index in [4.69, 9.17) is 21.4 Å². The van der Waals surface area contributed by atoms with Crippen molar-refractivity contribution in [1.82, 2.24) is 4.90 Å². The van der Waals surface area contributed by atoms with Crippen molar-refractivity contribution in [3.8, 4) is 5.75 Å². The molecule has 1 aliphatic heterocycles. The zero-order valence-electron chi connectivity index (χ0n) is 14.6. The van der Waals surface area contributed by atoms with E-state index in [1.165, 1.54) is 16.7 Å². The molecular weight excluding hydrogens is 386 g/mol. The second kappa shape index (κ2) is 8.61. The van der Waals surface area contributed by atoms with E-state index in [2.05, 4.69) is 0 Å². The minimum absolute atomic E-state index is 0.0873. The van der Waals surface area contributed by atoms with Gasteiger partial charge in [-0.1, -0.05) is 41.9 Å². The van der Waals surface area contributed by atoms with Crippen LogP contribution >= 0.6 is 23.4 Å². The number of nitrogens with zero attached hydrogens (tertiary/aromatic N) is 1. The number of hydrogen-bond acceptors (Lipinski definition) is 5. The largest absolute Gasteiger partial charge is 0.496 e. The Morgan fingerprint density at radius 1 is 1.07 bits per heavy atom. The summed E-state index contributed by atoms with van der Waals surface area (Å²) < 4.78 is 5.33. The highest BCUT2D eigenvalue weighted by atomic mass is 35.5. The Morgan fingerprint density at radius 3 is 2.44 bits per heavy atom. The maximum atomic E-state index is 13.1. The lowest BCUT2D eigenvalue weighted by Gasteiger charge is -2.17. The van der Waals surface area contributed by atoms with Crippen LogP contribution in [-0.2, 0) is 16.1 Å². The molecule has 2 amide bonds. The van der Waals surface area contributed by atoms with Crippen molar-refractivity contribution in [1.29, 1.82) is 0 Å². The predicted molar refractivity (Wildman–Crippen MR) is 106 cm³/mol. The molecule has 27 heavy (non-hydrogen) atoms. The molecule has 140 valence electrons. The van der Waals surface area contributed by atoms with Gasteiger partial charge in [-0.05, 0) is 23.8 Å². The Balaban J connectivity index is 1.97. The normalized spacial score (nSPS) is 14.3. The van der Waals surface area contributed by atoms with E-state index in [1.807, 2.05) is 18.2 Å². The van der Waals surface area contributed by atoms with Crippen LogP contribution in [0.5, 0.6) is 5.75 Å². The molecule has 2 aromatic carbocycles. The molecular formula is C20H18ClNO4S. The molecule has 1 heterocycles. The van der Waals surface area contributed by atoms with Crippen molar-refractivity contribution < 1.29 is 19.4 Å². The molecule has 7 heteroatoms. The van der Waals surface area contributed by atoms with Crippen LogP contribution in [0.25, 0.3) is 5.57 Å². The lowest BCUT2D eigenvalue weighted by molar-refractivity contribution is -0.137. The molecule has 1 aliphatic rings. The molecule has 0 unspecified atom stereocenters. The minimum Gasteiger partial charge on any atom is -0.496 e. The quantitative estimate of drug-likeness (QED) is 0.718. The summed E-state index contributed by atoms with van der Waals surface area (Å²) in [5.74, 6) is 0.207. The molecule has 0 spiro atoms. The van der Waals surface area contributed by atoms with E-state index in [0.717, 1.165) is 5.56 Å². The van der Waals surface area contributed by atoms with Crippen LogP contribution in [0.1, 0.15) is 11.1 Å². The molecule has 0 aromatic heterocycles. The van der Waals surface area contributed by atoms with Gasteiger partial charge in [0, 0.05) is 16.3 Å². The van der Waals surface area contributed by atoms with E-state index in [9.17, 15) is 9.59 Å². The van der Waals surface area contributed by atoms with Gasteiger partial charge in [0.15, 0.2) is 0 Å². The van der Waals surface area contributed by atoms with Gasteiger partial charge >= 0.3 is 0 Å². The van der Waals surface area contributed by atoms with E-state index in [1.54, 1.807) is 37.4 Å². The zero-order valence-corrected chi connectivity index (χ0v) is 16.2. The fourth-order valence-corrected chi connectivity index (χ4v) is 3.86. The average molecular weight is 404 g/mol. The van der Waals surface area contributed by atoms with E-state index in [0.29, 0.717) is 32.6 Å². The number of imide groups is 1. The third-order valence-corrected chi connectivity index (χ3v) is 5.42. The lowest BCUT2D eigenvalue weighted by atomic mass is 10.1. The second-order valence-corrected chi connectivity index (χ2v) is 7.33. The van der Waals surface area contributed by atoms with Gasteiger partial charge in [-0.15, -0.1) is 11.8 Å². The number of rotatable bonds is 7. The number of ether oxygens (including phenoxy) is 1. The van der Waals surface area contributed by atoms with Crippen molar-refractivity contribution in [3.63, 3.8) is 0 Å². The number of hydrogen-bond donors (Lipinski definition) is 1. The number of amides is 2. The second-order valence-electron chi connectivity index (χ2n) is 5.79.